The van der Waals surface area contributed by atoms with Crippen LogP contribution in [0, 0.1) is 6.92 Å². The first kappa shape index (κ1) is 23.4. The predicted octanol–water partition coefficient (Wildman–Crippen LogP) is 3.13. The van der Waals surface area contributed by atoms with E-state index < -0.39 is 30.3 Å². The molecule has 0 bridgehead atoms. The van der Waals surface area contributed by atoms with Crippen molar-refractivity contribution >= 4 is 56.9 Å². The van der Waals surface area contributed by atoms with Crippen LogP contribution in [0.25, 0.3) is 0 Å². The molecule has 0 unspecified atom stereocenters. The van der Waals surface area contributed by atoms with Crippen LogP contribution in [0.5, 0.6) is 0 Å². The van der Waals surface area contributed by atoms with Gasteiger partial charge in [-0.25, -0.2) is 0 Å². The van der Waals surface area contributed by atoms with Gasteiger partial charge in [0.05, 0.1) is 11.4 Å². The van der Waals surface area contributed by atoms with E-state index in [1.165, 1.54) is 0 Å². The largest absolute Gasteiger partial charge is 0.456 e. The van der Waals surface area contributed by atoms with Gasteiger partial charge in [0.1, 0.15) is 0 Å². The molecule has 158 valence electrons. The van der Waals surface area contributed by atoms with Crippen LogP contribution in [0.2, 0.25) is 5.02 Å². The summed E-state index contributed by atoms with van der Waals surface area (Å²) in [4.78, 5) is 47.2. The minimum atomic E-state index is -0.722. The van der Waals surface area contributed by atoms with E-state index in [1.807, 2.05) is 0 Å². The quantitative estimate of drug-likeness (QED) is 0.403. The highest BCUT2D eigenvalue weighted by Gasteiger charge is 2.13. The zero-order chi connectivity index (χ0) is 22.1. The van der Waals surface area contributed by atoms with Crippen LogP contribution in [0.1, 0.15) is 28.8 Å². The lowest BCUT2D eigenvalue weighted by molar-refractivity contribution is -0.148. The highest BCUT2D eigenvalue weighted by atomic mass is 79.9. The van der Waals surface area contributed by atoms with Gasteiger partial charge in [-0.05, 0) is 52.7 Å². The maximum absolute atomic E-state index is 11.9. The molecule has 0 aliphatic rings. The normalized spacial score (nSPS) is 10.1. The summed E-state index contributed by atoms with van der Waals surface area (Å²) in [5, 5.41) is 3.03. The lowest BCUT2D eigenvalue weighted by atomic mass is 10.2. The lowest BCUT2D eigenvalue weighted by Gasteiger charge is -2.10. The number of amides is 3. The van der Waals surface area contributed by atoms with E-state index in [4.69, 9.17) is 16.3 Å². The molecule has 8 nitrogen and oxygen atoms in total. The Kier molecular flexibility index (Phi) is 8.82. The van der Waals surface area contributed by atoms with Gasteiger partial charge in [-0.15, -0.1) is 0 Å². The van der Waals surface area contributed by atoms with E-state index in [1.54, 1.807) is 49.4 Å². The summed E-state index contributed by atoms with van der Waals surface area (Å²) in [7, 11) is 0. The summed E-state index contributed by atoms with van der Waals surface area (Å²) in [5.74, 6) is -2.31. The van der Waals surface area contributed by atoms with E-state index in [0.29, 0.717) is 20.7 Å². The van der Waals surface area contributed by atoms with Gasteiger partial charge in [-0.2, -0.15) is 0 Å². The number of carbonyl (C=O) groups is 4. The summed E-state index contributed by atoms with van der Waals surface area (Å²) >= 11 is 9.29. The van der Waals surface area contributed by atoms with Gasteiger partial charge < -0.3 is 10.1 Å². The van der Waals surface area contributed by atoms with Crippen molar-refractivity contribution in [2.24, 2.45) is 0 Å². The number of hydrogen-bond donors (Lipinski definition) is 3. The Labute approximate surface area is 186 Å². The number of hydrazine groups is 1. The van der Waals surface area contributed by atoms with Crippen LogP contribution in [0.3, 0.4) is 0 Å². The number of anilines is 1. The number of ether oxygens (including phenoxy) is 1. The molecular weight excluding hydrogens is 478 g/mol. The molecular formula is C20H19BrClN3O5. The fourth-order valence-corrected chi connectivity index (χ4v) is 2.87. The number of halogens is 2. The van der Waals surface area contributed by atoms with Crippen LogP contribution in [-0.2, 0) is 19.1 Å². The molecule has 2 aromatic carbocycles. The van der Waals surface area contributed by atoms with Crippen LogP contribution in [0.4, 0.5) is 5.69 Å². The number of carbonyl (C=O) groups excluding carboxylic acids is 4. The molecule has 2 aromatic rings. The average Bonchev–Trinajstić information content (AvgIpc) is 2.73. The van der Waals surface area contributed by atoms with Crippen molar-refractivity contribution in [3.8, 4) is 0 Å². The van der Waals surface area contributed by atoms with Crippen LogP contribution >= 0.6 is 27.5 Å². The molecule has 10 heteroatoms. The first-order valence-corrected chi connectivity index (χ1v) is 9.98. The van der Waals surface area contributed by atoms with Gasteiger partial charge in [-0.3, -0.25) is 30.0 Å². The average molecular weight is 497 g/mol. The summed E-state index contributed by atoms with van der Waals surface area (Å²) in [6.45, 7) is 1.29. The van der Waals surface area contributed by atoms with Gasteiger partial charge in [0.15, 0.2) is 6.61 Å². The van der Waals surface area contributed by atoms with Gasteiger partial charge in [-0.1, -0.05) is 29.8 Å². The van der Waals surface area contributed by atoms with Crippen molar-refractivity contribution in [3.63, 3.8) is 0 Å². The van der Waals surface area contributed by atoms with Crippen molar-refractivity contribution < 1.29 is 23.9 Å². The van der Waals surface area contributed by atoms with Gasteiger partial charge in [0, 0.05) is 22.1 Å². The fraction of sp³-hybridized carbons (Fsp3) is 0.200. The van der Waals surface area contributed by atoms with Crippen molar-refractivity contribution in [1.82, 2.24) is 10.9 Å². The minimum absolute atomic E-state index is 0.211. The van der Waals surface area contributed by atoms with E-state index in [0.717, 1.165) is 5.56 Å². The van der Waals surface area contributed by atoms with Crippen LogP contribution in [-0.4, -0.2) is 30.3 Å². The number of nitrogens with one attached hydrogen (secondary N) is 3. The Morgan fingerprint density at radius 1 is 1.00 bits per heavy atom. The Bertz CT molecular complexity index is 953. The number of esters is 1. The third kappa shape index (κ3) is 7.49. The van der Waals surface area contributed by atoms with Gasteiger partial charge >= 0.3 is 5.97 Å². The number of benzene rings is 2. The molecule has 0 aromatic heterocycles. The number of aryl methyl sites for hydroxylation is 1. The third-order valence-electron chi connectivity index (χ3n) is 3.81. The molecule has 3 amide bonds. The lowest BCUT2D eigenvalue weighted by Crippen LogP contribution is -2.41. The summed E-state index contributed by atoms with van der Waals surface area (Å²) in [6.07, 6.45) is -0.458. The van der Waals surface area contributed by atoms with E-state index in [2.05, 4.69) is 32.1 Å². The molecule has 0 spiro atoms. The highest BCUT2D eigenvalue weighted by Crippen LogP contribution is 2.28. The maximum atomic E-state index is 11.9. The molecule has 0 aliphatic heterocycles. The van der Waals surface area contributed by atoms with E-state index >= 15 is 0 Å². The Hall–Kier alpha value is -2.91. The summed E-state index contributed by atoms with van der Waals surface area (Å²) in [5.41, 5.74) is 6.11. The second kappa shape index (κ2) is 11.3. The van der Waals surface area contributed by atoms with Crippen LogP contribution < -0.4 is 16.2 Å². The Morgan fingerprint density at radius 2 is 1.70 bits per heavy atom. The molecule has 3 N–H and O–H groups in total. The maximum Gasteiger partial charge on any atom is 0.306 e. The van der Waals surface area contributed by atoms with Crippen molar-refractivity contribution in [1.29, 1.82) is 0 Å². The third-order valence-corrected chi connectivity index (χ3v) is 5.01. The predicted molar refractivity (Wildman–Crippen MR) is 115 cm³/mol. The number of hydrogen-bond acceptors (Lipinski definition) is 5. The zero-order valence-electron chi connectivity index (χ0n) is 16.0. The summed E-state index contributed by atoms with van der Waals surface area (Å²) < 4.78 is 5.55. The molecule has 0 heterocycles. The molecule has 0 saturated carbocycles. The summed E-state index contributed by atoms with van der Waals surface area (Å²) in [6, 6.07) is 11.6. The number of rotatable bonds is 7. The molecule has 0 aliphatic carbocycles. The first-order valence-electron chi connectivity index (χ1n) is 8.81. The first-order chi connectivity index (χ1) is 14.3. The second-order valence-electron chi connectivity index (χ2n) is 6.16. The monoisotopic (exact) mass is 495 g/mol. The molecule has 30 heavy (non-hydrogen) atoms. The Balaban J connectivity index is 1.68. The second-order valence-corrected chi connectivity index (χ2v) is 7.42. The molecule has 0 radical (unpaired) electrons. The topological polar surface area (TPSA) is 114 Å². The molecule has 2 rings (SSSR count). The standard InChI is InChI=1S/C20H19BrClN3O5/c1-12-9-14(21)15(22)10-16(12)23-18(27)11-30-19(28)8-7-17(26)24-25-20(29)13-5-3-2-4-6-13/h2-6,9-10H,7-8,11H2,1H3,(H,23,27)(H,24,26)(H,25,29). The minimum Gasteiger partial charge on any atom is -0.456 e. The molecule has 0 atom stereocenters. The SMILES string of the molecule is Cc1cc(Br)c(Cl)cc1NC(=O)COC(=O)CCC(=O)NNC(=O)c1ccccc1. The van der Waals surface area contributed by atoms with Crippen molar-refractivity contribution in [3.05, 3.63) is 63.1 Å². The fourth-order valence-electron chi connectivity index (χ4n) is 2.25. The Morgan fingerprint density at radius 3 is 2.40 bits per heavy atom. The van der Waals surface area contributed by atoms with Crippen LogP contribution in [0.15, 0.2) is 46.9 Å². The smallest absolute Gasteiger partial charge is 0.306 e. The van der Waals surface area contributed by atoms with E-state index in [-0.39, 0.29) is 12.8 Å². The van der Waals surface area contributed by atoms with E-state index in [9.17, 15) is 19.2 Å². The van der Waals surface area contributed by atoms with Gasteiger partial charge in [0.2, 0.25) is 5.91 Å². The van der Waals surface area contributed by atoms with Gasteiger partial charge in [0.25, 0.3) is 11.8 Å². The van der Waals surface area contributed by atoms with Crippen molar-refractivity contribution in [2.75, 3.05) is 11.9 Å². The van der Waals surface area contributed by atoms with Crippen molar-refractivity contribution in [2.45, 2.75) is 19.8 Å². The highest BCUT2D eigenvalue weighted by molar-refractivity contribution is 9.10. The molecule has 0 saturated heterocycles. The molecule has 0 fully saturated rings. The zero-order valence-corrected chi connectivity index (χ0v) is 18.3.